The van der Waals surface area contributed by atoms with Crippen molar-refractivity contribution in [2.75, 3.05) is 5.73 Å². The maximum Gasteiger partial charge on any atom is 0.252 e. The molecule has 3 N–H and O–H groups in total. The molecule has 0 heterocycles. The summed E-state index contributed by atoms with van der Waals surface area (Å²) in [5.41, 5.74) is 8.82. The SMILES string of the molecule is Cc1ccc(N)cc1C(=O)NC(C)c1ccc(Cl)cc1. The molecule has 0 fully saturated rings. The Hall–Kier alpha value is -2.00. The van der Waals surface area contributed by atoms with Crippen LogP contribution in [0, 0.1) is 6.92 Å². The van der Waals surface area contributed by atoms with Gasteiger partial charge in [-0.1, -0.05) is 29.8 Å². The summed E-state index contributed by atoms with van der Waals surface area (Å²) in [5, 5.41) is 3.64. The molecule has 0 saturated carbocycles. The molecule has 1 atom stereocenters. The molecule has 0 aromatic heterocycles. The summed E-state index contributed by atoms with van der Waals surface area (Å²) in [6.45, 7) is 3.82. The lowest BCUT2D eigenvalue weighted by Crippen LogP contribution is -2.27. The quantitative estimate of drug-likeness (QED) is 0.846. The minimum atomic E-state index is -0.128. The first kappa shape index (κ1) is 14.4. The van der Waals surface area contributed by atoms with Crippen LogP contribution >= 0.6 is 11.6 Å². The molecule has 1 amide bonds. The van der Waals surface area contributed by atoms with E-state index in [2.05, 4.69) is 5.32 Å². The molecule has 1 unspecified atom stereocenters. The molecule has 2 aromatic rings. The van der Waals surface area contributed by atoms with Gasteiger partial charge in [-0.15, -0.1) is 0 Å². The molecule has 0 spiro atoms. The second-order valence-electron chi connectivity index (χ2n) is 4.82. The van der Waals surface area contributed by atoms with Crippen molar-refractivity contribution in [3.8, 4) is 0 Å². The third kappa shape index (κ3) is 3.31. The van der Waals surface area contributed by atoms with Crippen LogP contribution in [0.1, 0.15) is 34.5 Å². The van der Waals surface area contributed by atoms with Crippen LogP contribution in [0.25, 0.3) is 0 Å². The van der Waals surface area contributed by atoms with Gasteiger partial charge in [-0.2, -0.15) is 0 Å². The molecule has 0 aliphatic carbocycles. The lowest BCUT2D eigenvalue weighted by Gasteiger charge is -2.15. The van der Waals surface area contributed by atoms with E-state index in [0.717, 1.165) is 11.1 Å². The van der Waals surface area contributed by atoms with E-state index in [1.807, 2.05) is 44.2 Å². The highest BCUT2D eigenvalue weighted by molar-refractivity contribution is 6.30. The number of rotatable bonds is 3. The molecule has 0 aliphatic heterocycles. The number of carbonyl (C=O) groups is 1. The highest BCUT2D eigenvalue weighted by atomic mass is 35.5. The zero-order valence-corrected chi connectivity index (χ0v) is 12.2. The maximum absolute atomic E-state index is 12.3. The van der Waals surface area contributed by atoms with Crippen LogP contribution in [-0.4, -0.2) is 5.91 Å². The maximum atomic E-state index is 12.3. The summed E-state index contributed by atoms with van der Waals surface area (Å²) in [6.07, 6.45) is 0. The Morgan fingerprint density at radius 3 is 2.50 bits per heavy atom. The van der Waals surface area contributed by atoms with Crippen molar-refractivity contribution in [2.24, 2.45) is 0 Å². The number of halogens is 1. The van der Waals surface area contributed by atoms with Crippen LogP contribution in [0.3, 0.4) is 0 Å². The van der Waals surface area contributed by atoms with Gasteiger partial charge in [0, 0.05) is 16.3 Å². The van der Waals surface area contributed by atoms with E-state index in [1.54, 1.807) is 12.1 Å². The molecule has 0 aliphatic rings. The summed E-state index contributed by atoms with van der Waals surface area (Å²) in [7, 11) is 0. The fourth-order valence-electron chi connectivity index (χ4n) is 1.99. The zero-order chi connectivity index (χ0) is 14.7. The van der Waals surface area contributed by atoms with Gasteiger partial charge < -0.3 is 11.1 Å². The van der Waals surface area contributed by atoms with E-state index in [4.69, 9.17) is 17.3 Å². The minimum absolute atomic E-state index is 0.0967. The first-order valence-corrected chi connectivity index (χ1v) is 6.77. The molecule has 0 radical (unpaired) electrons. The average Bonchev–Trinajstić information content (AvgIpc) is 2.42. The lowest BCUT2D eigenvalue weighted by atomic mass is 10.1. The summed E-state index contributed by atoms with van der Waals surface area (Å²) in [4.78, 5) is 12.3. The summed E-state index contributed by atoms with van der Waals surface area (Å²) < 4.78 is 0. The number of hydrogen-bond donors (Lipinski definition) is 2. The molecule has 20 heavy (non-hydrogen) atoms. The van der Waals surface area contributed by atoms with E-state index in [-0.39, 0.29) is 11.9 Å². The lowest BCUT2D eigenvalue weighted by molar-refractivity contribution is 0.0939. The van der Waals surface area contributed by atoms with Gasteiger partial charge >= 0.3 is 0 Å². The second kappa shape index (κ2) is 5.97. The fourth-order valence-corrected chi connectivity index (χ4v) is 2.12. The number of benzene rings is 2. The van der Waals surface area contributed by atoms with Gasteiger partial charge in [-0.05, 0) is 49.2 Å². The summed E-state index contributed by atoms with van der Waals surface area (Å²) >= 11 is 5.85. The summed E-state index contributed by atoms with van der Waals surface area (Å²) in [6, 6.07) is 12.7. The molecule has 4 heteroatoms. The molecule has 2 rings (SSSR count). The Kier molecular flexibility index (Phi) is 4.30. The highest BCUT2D eigenvalue weighted by Gasteiger charge is 2.13. The van der Waals surface area contributed by atoms with Crippen LogP contribution in [0.5, 0.6) is 0 Å². The standard InChI is InChI=1S/C16H17ClN2O/c1-10-3-8-14(18)9-15(10)16(20)19-11(2)12-4-6-13(17)7-5-12/h3-9,11H,18H2,1-2H3,(H,19,20). The first-order chi connectivity index (χ1) is 9.47. The first-order valence-electron chi connectivity index (χ1n) is 6.40. The van der Waals surface area contributed by atoms with Gasteiger partial charge in [0.25, 0.3) is 5.91 Å². The monoisotopic (exact) mass is 288 g/mol. The van der Waals surface area contributed by atoms with E-state index in [0.29, 0.717) is 16.3 Å². The number of hydrogen-bond acceptors (Lipinski definition) is 2. The number of nitrogen functional groups attached to an aromatic ring is 1. The third-order valence-electron chi connectivity index (χ3n) is 3.22. The molecule has 2 aromatic carbocycles. The van der Waals surface area contributed by atoms with Gasteiger partial charge in [-0.25, -0.2) is 0 Å². The van der Waals surface area contributed by atoms with Crippen LogP contribution in [0.2, 0.25) is 5.02 Å². The predicted octanol–water partition coefficient (Wildman–Crippen LogP) is 3.72. The number of anilines is 1. The topological polar surface area (TPSA) is 55.1 Å². The highest BCUT2D eigenvalue weighted by Crippen LogP contribution is 2.18. The van der Waals surface area contributed by atoms with Crippen molar-refractivity contribution in [3.63, 3.8) is 0 Å². The normalized spacial score (nSPS) is 11.9. The Morgan fingerprint density at radius 1 is 1.20 bits per heavy atom. The van der Waals surface area contributed by atoms with Gasteiger partial charge in [0.1, 0.15) is 0 Å². The smallest absolute Gasteiger partial charge is 0.252 e. The Morgan fingerprint density at radius 2 is 1.85 bits per heavy atom. The van der Waals surface area contributed by atoms with Crippen molar-refractivity contribution in [1.29, 1.82) is 0 Å². The zero-order valence-electron chi connectivity index (χ0n) is 11.5. The largest absolute Gasteiger partial charge is 0.399 e. The number of nitrogens with one attached hydrogen (secondary N) is 1. The van der Waals surface area contributed by atoms with Crippen molar-refractivity contribution < 1.29 is 4.79 Å². The molecule has 3 nitrogen and oxygen atoms in total. The van der Waals surface area contributed by atoms with Crippen molar-refractivity contribution in [1.82, 2.24) is 5.32 Å². The minimum Gasteiger partial charge on any atom is -0.399 e. The van der Waals surface area contributed by atoms with Crippen LogP contribution in [0.15, 0.2) is 42.5 Å². The number of aryl methyl sites for hydroxylation is 1. The van der Waals surface area contributed by atoms with Crippen molar-refractivity contribution >= 4 is 23.2 Å². The molecular formula is C16H17ClN2O. The fraction of sp³-hybridized carbons (Fsp3) is 0.188. The number of carbonyl (C=O) groups excluding carboxylic acids is 1. The number of amides is 1. The van der Waals surface area contributed by atoms with E-state index in [1.165, 1.54) is 0 Å². The number of nitrogens with two attached hydrogens (primary N) is 1. The Labute approximate surface area is 123 Å². The van der Waals surface area contributed by atoms with Crippen LogP contribution in [0.4, 0.5) is 5.69 Å². The molecular weight excluding hydrogens is 272 g/mol. The average molecular weight is 289 g/mol. The van der Waals surface area contributed by atoms with Crippen molar-refractivity contribution in [3.05, 3.63) is 64.2 Å². The van der Waals surface area contributed by atoms with E-state index < -0.39 is 0 Å². The Balaban J connectivity index is 2.15. The van der Waals surface area contributed by atoms with E-state index in [9.17, 15) is 4.79 Å². The second-order valence-corrected chi connectivity index (χ2v) is 5.26. The summed E-state index contributed by atoms with van der Waals surface area (Å²) in [5.74, 6) is -0.128. The van der Waals surface area contributed by atoms with E-state index >= 15 is 0 Å². The predicted molar refractivity (Wildman–Crippen MR) is 82.9 cm³/mol. The van der Waals surface area contributed by atoms with Crippen LogP contribution in [-0.2, 0) is 0 Å². The Bertz CT molecular complexity index is 623. The van der Waals surface area contributed by atoms with Gasteiger partial charge in [-0.3, -0.25) is 4.79 Å². The molecule has 104 valence electrons. The third-order valence-corrected chi connectivity index (χ3v) is 3.48. The van der Waals surface area contributed by atoms with Gasteiger partial charge in [0.2, 0.25) is 0 Å². The van der Waals surface area contributed by atoms with Gasteiger partial charge in [0.05, 0.1) is 6.04 Å². The molecule has 0 saturated heterocycles. The van der Waals surface area contributed by atoms with Crippen LogP contribution < -0.4 is 11.1 Å². The van der Waals surface area contributed by atoms with Gasteiger partial charge in [0.15, 0.2) is 0 Å². The van der Waals surface area contributed by atoms with Crippen molar-refractivity contribution in [2.45, 2.75) is 19.9 Å². The molecule has 0 bridgehead atoms.